The summed E-state index contributed by atoms with van der Waals surface area (Å²) in [7, 11) is 0. The van der Waals surface area contributed by atoms with Crippen molar-refractivity contribution in [1.29, 1.82) is 0 Å². The van der Waals surface area contributed by atoms with E-state index >= 15 is 0 Å². The molecule has 10 heteroatoms. The number of fused-ring (bicyclic) bond motifs is 1. The van der Waals surface area contributed by atoms with Crippen LogP contribution in [0.4, 0.5) is 10.6 Å². The van der Waals surface area contributed by atoms with Crippen LogP contribution in [0, 0.1) is 0 Å². The quantitative estimate of drug-likeness (QED) is 0.245. The molecule has 4 N–H and O–H groups in total. The Kier molecular flexibility index (Phi) is 10.5. The average molecular weight is 547 g/mol. The molecular formula is C27H32Cl2N4O4. The molecule has 2 aromatic carbocycles. The fourth-order valence-corrected chi connectivity index (χ4v) is 4.11. The van der Waals surface area contributed by atoms with Crippen molar-refractivity contribution in [3.05, 3.63) is 70.3 Å². The number of ether oxygens (including phenoxy) is 1. The van der Waals surface area contributed by atoms with Crippen LogP contribution in [0.5, 0.6) is 0 Å². The summed E-state index contributed by atoms with van der Waals surface area (Å²) in [6.45, 7) is 3.83. The third-order valence-corrected chi connectivity index (χ3v) is 6.47. The van der Waals surface area contributed by atoms with E-state index in [1.165, 1.54) is 0 Å². The van der Waals surface area contributed by atoms with Crippen LogP contribution in [0.2, 0.25) is 10.0 Å². The Bertz CT molecular complexity index is 1220. The smallest absolute Gasteiger partial charge is 0.412 e. The van der Waals surface area contributed by atoms with Gasteiger partial charge in [0.05, 0.1) is 28.2 Å². The molecule has 2 amide bonds. The summed E-state index contributed by atoms with van der Waals surface area (Å²) in [5.74, 6) is 0.113. The van der Waals surface area contributed by atoms with E-state index in [-0.39, 0.29) is 19.1 Å². The van der Waals surface area contributed by atoms with Gasteiger partial charge in [-0.2, -0.15) is 0 Å². The van der Waals surface area contributed by atoms with E-state index in [2.05, 4.69) is 20.9 Å². The summed E-state index contributed by atoms with van der Waals surface area (Å²) < 4.78 is 5.39. The molecule has 0 saturated heterocycles. The Morgan fingerprint density at radius 3 is 2.62 bits per heavy atom. The number of halogens is 2. The van der Waals surface area contributed by atoms with Gasteiger partial charge >= 0.3 is 6.09 Å². The highest BCUT2D eigenvalue weighted by atomic mass is 35.5. The van der Waals surface area contributed by atoms with Crippen molar-refractivity contribution in [2.45, 2.75) is 51.3 Å². The number of anilines is 1. The topological polar surface area (TPSA) is 113 Å². The number of carbonyl (C=O) groups is 2. The molecule has 3 aromatic rings. The highest BCUT2D eigenvalue weighted by Crippen LogP contribution is 2.25. The number of hydrogen-bond acceptors (Lipinski definition) is 6. The normalized spacial score (nSPS) is 12.2. The number of carbonyl (C=O) groups excluding carboxylic acids is 2. The molecule has 0 unspecified atom stereocenters. The fraction of sp³-hybridized carbons (Fsp3) is 0.370. The van der Waals surface area contributed by atoms with Crippen LogP contribution in [-0.4, -0.2) is 46.9 Å². The van der Waals surface area contributed by atoms with Crippen LogP contribution in [0.3, 0.4) is 0 Å². The van der Waals surface area contributed by atoms with E-state index in [0.717, 1.165) is 16.3 Å². The van der Waals surface area contributed by atoms with Crippen LogP contribution >= 0.6 is 23.2 Å². The lowest BCUT2D eigenvalue weighted by Crippen LogP contribution is -2.43. The van der Waals surface area contributed by atoms with E-state index < -0.39 is 17.7 Å². The van der Waals surface area contributed by atoms with Crippen molar-refractivity contribution < 1.29 is 19.4 Å². The molecule has 0 aliphatic carbocycles. The standard InChI is InChI=1S/C27H32Cl2N4O4/c1-27(2,36)12-6-10-21(32-24(34)16-30-14-20-9-5-11-22(28)25(20)29)17-37-26(35)33-23-13-18-7-3-4-8-19(18)15-31-23/h3-5,7-9,11,13,15,21,30,36H,6,10,12,14,16-17H2,1-2H3,(H,32,34)(H,31,33,35)/t21-/m0/s1. The lowest BCUT2D eigenvalue weighted by atomic mass is 9.99. The maximum atomic E-state index is 12.6. The second-order valence-electron chi connectivity index (χ2n) is 9.43. The molecule has 0 aliphatic heterocycles. The molecule has 37 heavy (non-hydrogen) atoms. The first-order valence-corrected chi connectivity index (χ1v) is 12.8. The van der Waals surface area contributed by atoms with Crippen molar-refractivity contribution in [3.8, 4) is 0 Å². The lowest BCUT2D eigenvalue weighted by Gasteiger charge is -2.22. The Labute approximate surface area is 226 Å². The summed E-state index contributed by atoms with van der Waals surface area (Å²) in [5.41, 5.74) is -0.0437. The Morgan fingerprint density at radius 1 is 1.11 bits per heavy atom. The van der Waals surface area contributed by atoms with Crippen molar-refractivity contribution in [3.63, 3.8) is 0 Å². The zero-order valence-electron chi connectivity index (χ0n) is 20.9. The van der Waals surface area contributed by atoms with Gasteiger partial charge in [-0.3, -0.25) is 10.1 Å². The molecule has 0 bridgehead atoms. The Hall–Kier alpha value is -2.91. The number of aromatic nitrogens is 1. The van der Waals surface area contributed by atoms with Crippen molar-refractivity contribution in [2.24, 2.45) is 0 Å². The first kappa shape index (κ1) is 28.7. The number of hydrogen-bond donors (Lipinski definition) is 4. The second kappa shape index (κ2) is 13.6. The molecule has 1 atom stereocenters. The number of amides is 2. The minimum absolute atomic E-state index is 0.0306. The third-order valence-electron chi connectivity index (χ3n) is 5.62. The van der Waals surface area contributed by atoms with Gasteiger partial charge in [0.15, 0.2) is 0 Å². The van der Waals surface area contributed by atoms with E-state index in [1.807, 2.05) is 30.3 Å². The van der Waals surface area contributed by atoms with Gasteiger partial charge in [0, 0.05) is 18.1 Å². The Balaban J connectivity index is 1.51. The van der Waals surface area contributed by atoms with E-state index in [1.54, 1.807) is 38.2 Å². The molecule has 1 aromatic heterocycles. The minimum Gasteiger partial charge on any atom is -0.447 e. The predicted octanol–water partition coefficient (Wildman–Crippen LogP) is 5.31. The van der Waals surface area contributed by atoms with Crippen LogP contribution in [0.25, 0.3) is 10.8 Å². The molecule has 0 spiro atoms. The monoisotopic (exact) mass is 546 g/mol. The zero-order chi connectivity index (χ0) is 26.8. The molecule has 198 valence electrons. The van der Waals surface area contributed by atoms with Crippen LogP contribution in [0.15, 0.2) is 54.7 Å². The van der Waals surface area contributed by atoms with Gasteiger partial charge in [-0.25, -0.2) is 9.78 Å². The summed E-state index contributed by atoms with van der Waals surface area (Å²) in [6.07, 6.45) is 2.71. The number of aliphatic hydroxyl groups is 1. The van der Waals surface area contributed by atoms with Gasteiger partial charge in [-0.15, -0.1) is 0 Å². The number of pyridine rings is 1. The SMILES string of the molecule is CC(C)(O)CCC[C@@H](COC(=O)Nc1cc2ccccc2cn1)NC(=O)CNCc1cccc(Cl)c1Cl. The lowest BCUT2D eigenvalue weighted by molar-refractivity contribution is -0.121. The van der Waals surface area contributed by atoms with Crippen molar-refractivity contribution in [2.75, 3.05) is 18.5 Å². The van der Waals surface area contributed by atoms with Gasteiger partial charge in [0.2, 0.25) is 5.91 Å². The summed E-state index contributed by atoms with van der Waals surface area (Å²) in [4.78, 5) is 29.2. The van der Waals surface area contributed by atoms with E-state index in [0.29, 0.717) is 41.7 Å². The maximum Gasteiger partial charge on any atom is 0.412 e. The third kappa shape index (κ3) is 9.81. The van der Waals surface area contributed by atoms with Crippen LogP contribution in [-0.2, 0) is 16.1 Å². The fourth-order valence-electron chi connectivity index (χ4n) is 3.72. The second-order valence-corrected chi connectivity index (χ2v) is 10.2. The molecule has 8 nitrogen and oxygen atoms in total. The van der Waals surface area contributed by atoms with Crippen LogP contribution < -0.4 is 16.0 Å². The molecule has 0 saturated carbocycles. The van der Waals surface area contributed by atoms with E-state index in [9.17, 15) is 14.7 Å². The number of benzene rings is 2. The maximum absolute atomic E-state index is 12.6. The summed E-state index contributed by atoms with van der Waals surface area (Å²) in [5, 5.41) is 21.4. The molecule has 0 radical (unpaired) electrons. The largest absolute Gasteiger partial charge is 0.447 e. The van der Waals surface area contributed by atoms with E-state index in [4.69, 9.17) is 27.9 Å². The first-order valence-electron chi connectivity index (χ1n) is 12.0. The number of nitrogens with zero attached hydrogens (tertiary/aromatic N) is 1. The predicted molar refractivity (Wildman–Crippen MR) is 147 cm³/mol. The average Bonchev–Trinajstić information content (AvgIpc) is 2.84. The molecular weight excluding hydrogens is 515 g/mol. The highest BCUT2D eigenvalue weighted by Gasteiger charge is 2.18. The van der Waals surface area contributed by atoms with Gasteiger partial charge in [0.25, 0.3) is 0 Å². The highest BCUT2D eigenvalue weighted by molar-refractivity contribution is 6.42. The van der Waals surface area contributed by atoms with Crippen LogP contribution in [0.1, 0.15) is 38.7 Å². The Morgan fingerprint density at radius 2 is 1.86 bits per heavy atom. The summed E-state index contributed by atoms with van der Waals surface area (Å²) in [6, 6.07) is 14.3. The number of rotatable bonds is 12. The molecule has 3 rings (SSSR count). The first-order chi connectivity index (χ1) is 17.6. The van der Waals surface area contributed by atoms with Gasteiger partial charge < -0.3 is 20.5 Å². The zero-order valence-corrected chi connectivity index (χ0v) is 22.4. The molecule has 1 heterocycles. The van der Waals surface area contributed by atoms with Gasteiger partial charge in [-0.1, -0.05) is 59.6 Å². The van der Waals surface area contributed by atoms with Gasteiger partial charge in [-0.05, 0) is 56.2 Å². The van der Waals surface area contributed by atoms with Crippen molar-refractivity contribution in [1.82, 2.24) is 15.6 Å². The summed E-state index contributed by atoms with van der Waals surface area (Å²) >= 11 is 12.2. The number of nitrogens with one attached hydrogen (secondary N) is 3. The van der Waals surface area contributed by atoms with Crippen molar-refractivity contribution >= 4 is 51.8 Å². The molecule has 0 fully saturated rings. The molecule has 0 aliphatic rings. The van der Waals surface area contributed by atoms with Gasteiger partial charge in [0.1, 0.15) is 12.4 Å². The minimum atomic E-state index is -0.827.